The fraction of sp³-hybridized carbons (Fsp3) is 0.250. The van der Waals surface area contributed by atoms with E-state index in [1.807, 2.05) is 17.7 Å². The minimum atomic E-state index is -1.36. The molecule has 0 spiro atoms. The lowest BCUT2D eigenvalue weighted by atomic mass is 10.4. The molecule has 6 nitrogen and oxygen atoms in total. The van der Waals surface area contributed by atoms with Crippen molar-refractivity contribution < 1.29 is 9.29 Å². The Morgan fingerprint density at radius 1 is 1.43 bits per heavy atom. The number of aromatic amines is 1. The highest BCUT2D eigenvalue weighted by atomic mass is 35.5. The number of ether oxygens (including phenoxy) is 1. The molecule has 1 unspecified atom stereocenters. The average Bonchev–Trinajstić information content (AvgIpc) is 3.04. The van der Waals surface area contributed by atoms with Gasteiger partial charge in [0.1, 0.15) is 22.6 Å². The Labute approximate surface area is 132 Å². The Hall–Kier alpha value is -1.35. The summed E-state index contributed by atoms with van der Waals surface area (Å²) >= 11 is 6.35. The minimum absolute atomic E-state index is 0.154. The Bertz CT molecular complexity index is 732. The van der Waals surface area contributed by atoms with Crippen molar-refractivity contribution in [3.8, 4) is 5.88 Å². The lowest BCUT2D eigenvalue weighted by Gasteiger charge is -2.09. The molecule has 0 aliphatic carbocycles. The first-order valence-electron chi connectivity index (χ1n) is 6.11. The Balaban J connectivity index is 1.82. The third-order valence-electron chi connectivity index (χ3n) is 2.70. The summed E-state index contributed by atoms with van der Waals surface area (Å²) in [5.74, 6) is 0.460. The molecule has 1 N–H and O–H groups in total. The van der Waals surface area contributed by atoms with Crippen LogP contribution in [0, 0.1) is 0 Å². The molecule has 3 aromatic heterocycles. The van der Waals surface area contributed by atoms with Crippen LogP contribution in [0.15, 0.2) is 22.2 Å². The molecule has 3 aromatic rings. The quantitative estimate of drug-likeness (QED) is 0.720. The number of hydrogen-bond acceptors (Lipinski definition) is 6. The summed E-state index contributed by atoms with van der Waals surface area (Å²) in [5, 5.41) is 4.53. The van der Waals surface area contributed by atoms with Crippen LogP contribution in [-0.2, 0) is 16.9 Å². The predicted octanol–water partition coefficient (Wildman–Crippen LogP) is 2.77. The number of nitrogens with zero attached hydrogens (tertiary/aromatic N) is 3. The molecule has 0 amide bonds. The van der Waals surface area contributed by atoms with Crippen molar-refractivity contribution in [1.29, 1.82) is 0 Å². The van der Waals surface area contributed by atoms with E-state index in [9.17, 15) is 4.55 Å². The summed E-state index contributed by atoms with van der Waals surface area (Å²) in [6, 6.07) is 0. The van der Waals surface area contributed by atoms with Gasteiger partial charge >= 0.3 is 5.16 Å². The van der Waals surface area contributed by atoms with E-state index >= 15 is 0 Å². The highest BCUT2D eigenvalue weighted by molar-refractivity contribution is 7.90. The second-order valence-corrected chi connectivity index (χ2v) is 6.56. The molecule has 0 aliphatic heterocycles. The maximum Gasteiger partial charge on any atom is 0.322 e. The van der Waals surface area contributed by atoms with Crippen LogP contribution in [-0.4, -0.2) is 31.1 Å². The van der Waals surface area contributed by atoms with Crippen molar-refractivity contribution in [1.82, 2.24) is 19.9 Å². The molecular weight excluding hydrogens is 332 g/mol. The number of H-pyrrole nitrogens is 1. The van der Waals surface area contributed by atoms with E-state index in [0.29, 0.717) is 28.4 Å². The van der Waals surface area contributed by atoms with Gasteiger partial charge in [0.25, 0.3) is 0 Å². The van der Waals surface area contributed by atoms with E-state index in [4.69, 9.17) is 16.3 Å². The summed E-state index contributed by atoms with van der Waals surface area (Å²) in [6.45, 7) is 2.29. The fourth-order valence-corrected chi connectivity index (χ4v) is 3.77. The lowest BCUT2D eigenvalue weighted by molar-refractivity contribution is 0.326. The topological polar surface area (TPSA) is 86.8 Å². The molecule has 0 aromatic carbocycles. The third kappa shape index (κ3) is 2.98. The smallest absolute Gasteiger partial charge is 0.322 e. The van der Waals surface area contributed by atoms with E-state index in [0.717, 1.165) is 11.0 Å². The molecule has 0 saturated carbocycles. The highest BCUT2D eigenvalue weighted by Gasteiger charge is 2.21. The van der Waals surface area contributed by atoms with Gasteiger partial charge in [0.15, 0.2) is 5.75 Å². The summed E-state index contributed by atoms with van der Waals surface area (Å²) in [7, 11) is 0. The normalized spacial score (nSPS) is 12.7. The summed E-state index contributed by atoms with van der Waals surface area (Å²) in [6.07, 6.45) is 1.35. The first-order chi connectivity index (χ1) is 10.2. The van der Waals surface area contributed by atoms with Crippen LogP contribution in [0.25, 0.3) is 11.0 Å². The number of fused-ring (bicyclic) bond motifs is 1. The Kier molecular flexibility index (Phi) is 4.29. The van der Waals surface area contributed by atoms with Crippen LogP contribution >= 0.6 is 22.9 Å². The van der Waals surface area contributed by atoms with Crippen LogP contribution in [0.1, 0.15) is 12.6 Å². The zero-order valence-electron chi connectivity index (χ0n) is 11.0. The number of halogens is 1. The maximum atomic E-state index is 12.4. The van der Waals surface area contributed by atoms with Gasteiger partial charge in [-0.05, 0) is 6.92 Å². The predicted molar refractivity (Wildman–Crippen MR) is 82.3 cm³/mol. The van der Waals surface area contributed by atoms with E-state index in [2.05, 4.69) is 19.9 Å². The van der Waals surface area contributed by atoms with Gasteiger partial charge in [0.2, 0.25) is 5.88 Å². The largest absolute Gasteiger partial charge is 0.609 e. The molecule has 0 fully saturated rings. The molecular formula is C12H11ClN4O2S2. The second-order valence-electron chi connectivity index (χ2n) is 4.08. The molecule has 1 atom stereocenters. The van der Waals surface area contributed by atoms with Crippen molar-refractivity contribution in [3.05, 3.63) is 27.8 Å². The lowest BCUT2D eigenvalue weighted by Crippen LogP contribution is -2.10. The first kappa shape index (κ1) is 14.6. The number of rotatable bonds is 5. The van der Waals surface area contributed by atoms with Crippen molar-refractivity contribution in [2.45, 2.75) is 17.8 Å². The number of hydrogen-bond donors (Lipinski definition) is 1. The number of aromatic nitrogens is 4. The second kappa shape index (κ2) is 6.18. The van der Waals surface area contributed by atoms with Gasteiger partial charge in [0.05, 0.1) is 12.1 Å². The molecule has 0 saturated heterocycles. The van der Waals surface area contributed by atoms with Crippen LogP contribution in [0.3, 0.4) is 0 Å². The van der Waals surface area contributed by atoms with E-state index in [1.54, 1.807) is 11.3 Å². The molecule has 3 heterocycles. The molecule has 0 bridgehead atoms. The summed E-state index contributed by atoms with van der Waals surface area (Å²) in [5.41, 5.74) is 2.17. The zero-order chi connectivity index (χ0) is 14.8. The van der Waals surface area contributed by atoms with Gasteiger partial charge in [-0.3, -0.25) is 4.98 Å². The van der Waals surface area contributed by atoms with Gasteiger partial charge in [0, 0.05) is 21.9 Å². The minimum Gasteiger partial charge on any atom is -0.609 e. The molecule has 0 aliphatic rings. The van der Waals surface area contributed by atoms with Crippen LogP contribution < -0.4 is 4.74 Å². The van der Waals surface area contributed by atoms with Gasteiger partial charge in [-0.25, -0.2) is 9.97 Å². The SMILES string of the molecule is CCOc1ncnc(C[S+]([O-])c2nc3cscc3[nH]2)c1Cl. The molecule has 0 radical (unpaired) electrons. The van der Waals surface area contributed by atoms with Crippen LogP contribution in [0.5, 0.6) is 5.88 Å². The van der Waals surface area contributed by atoms with Crippen molar-refractivity contribution >= 4 is 45.1 Å². The van der Waals surface area contributed by atoms with Gasteiger partial charge in [-0.15, -0.1) is 11.3 Å². The van der Waals surface area contributed by atoms with Crippen molar-refractivity contribution in [3.63, 3.8) is 0 Å². The highest BCUT2D eigenvalue weighted by Crippen LogP contribution is 2.27. The van der Waals surface area contributed by atoms with Gasteiger partial charge in [-0.1, -0.05) is 11.6 Å². The van der Waals surface area contributed by atoms with Crippen molar-refractivity contribution in [2.24, 2.45) is 0 Å². The van der Waals surface area contributed by atoms with Gasteiger partial charge < -0.3 is 9.29 Å². The standard InChI is InChI=1S/C12H11ClN4O2S2/c1-2-19-11-10(13)9(14-6-15-11)5-21(18)12-16-7-3-20-4-8(7)17-12/h3-4,6H,2,5H2,1H3,(H,16,17). The number of imidazole rings is 1. The molecule has 9 heteroatoms. The monoisotopic (exact) mass is 342 g/mol. The average molecular weight is 343 g/mol. The number of thiophene rings is 1. The maximum absolute atomic E-state index is 12.4. The molecule has 21 heavy (non-hydrogen) atoms. The first-order valence-corrected chi connectivity index (χ1v) is 8.75. The Morgan fingerprint density at radius 2 is 2.29 bits per heavy atom. The fourth-order valence-electron chi connectivity index (χ4n) is 1.75. The summed E-state index contributed by atoms with van der Waals surface area (Å²) < 4.78 is 17.7. The van der Waals surface area contributed by atoms with Gasteiger partial charge in [-0.2, -0.15) is 4.98 Å². The Morgan fingerprint density at radius 3 is 3.05 bits per heavy atom. The molecule has 110 valence electrons. The van der Waals surface area contributed by atoms with Crippen LogP contribution in [0.4, 0.5) is 0 Å². The number of nitrogens with one attached hydrogen (secondary N) is 1. The van der Waals surface area contributed by atoms with E-state index < -0.39 is 11.2 Å². The van der Waals surface area contributed by atoms with Crippen molar-refractivity contribution in [2.75, 3.05) is 6.61 Å². The van der Waals surface area contributed by atoms with E-state index in [-0.39, 0.29) is 5.75 Å². The molecule has 3 rings (SSSR count). The van der Waals surface area contributed by atoms with Crippen LogP contribution in [0.2, 0.25) is 5.02 Å². The van der Waals surface area contributed by atoms with E-state index in [1.165, 1.54) is 6.33 Å². The third-order valence-corrected chi connectivity index (χ3v) is 4.97. The summed E-state index contributed by atoms with van der Waals surface area (Å²) in [4.78, 5) is 15.4. The zero-order valence-corrected chi connectivity index (χ0v) is 13.4.